The number of Topliss-reactive ketones (excluding diaryl/α,β-unsaturated/α-hetero) is 1. The summed E-state index contributed by atoms with van der Waals surface area (Å²) in [7, 11) is 0. The Morgan fingerprint density at radius 2 is 2.38 bits per heavy atom. The van der Waals surface area contributed by atoms with Gasteiger partial charge in [-0.2, -0.15) is 0 Å². The molecule has 0 bridgehead atoms. The minimum absolute atomic E-state index is 0.229. The van der Waals surface area contributed by atoms with Crippen molar-refractivity contribution in [1.29, 1.82) is 0 Å². The third-order valence-corrected chi connectivity index (χ3v) is 3.08. The lowest BCUT2D eigenvalue weighted by Gasteiger charge is -2.06. The zero-order valence-corrected chi connectivity index (χ0v) is 9.06. The maximum atomic E-state index is 11.6. The molecule has 0 aliphatic rings. The Kier molecular flexibility index (Phi) is 4.16. The van der Waals surface area contributed by atoms with Gasteiger partial charge in [0.1, 0.15) is 5.78 Å². The highest BCUT2D eigenvalue weighted by Crippen LogP contribution is 2.14. The lowest BCUT2D eigenvalue weighted by molar-refractivity contribution is -0.121. The molecule has 0 saturated carbocycles. The molecule has 0 radical (unpaired) electrons. The average molecular weight is 196 g/mol. The van der Waals surface area contributed by atoms with Gasteiger partial charge in [0.25, 0.3) is 0 Å². The molecule has 0 spiro atoms. The smallest absolute Gasteiger partial charge is 0.140 e. The highest BCUT2D eigenvalue weighted by molar-refractivity contribution is 7.10. The standard InChI is InChI=1S/C11H16OS/c1-3-5-9(2)11(12)8-10-6-4-7-13-10/h4,6-7,9H,3,5,8H2,1-2H3. The zero-order chi connectivity index (χ0) is 9.68. The second-order valence-corrected chi connectivity index (χ2v) is 4.44. The Balaban J connectivity index is 2.41. The number of hydrogen-bond donors (Lipinski definition) is 0. The molecule has 1 aromatic rings. The Labute approximate surface area is 83.8 Å². The molecular formula is C11H16OS. The van der Waals surface area contributed by atoms with Crippen LogP contribution in [0.5, 0.6) is 0 Å². The quantitative estimate of drug-likeness (QED) is 0.706. The van der Waals surface area contributed by atoms with Crippen molar-refractivity contribution in [3.8, 4) is 0 Å². The molecule has 0 aliphatic heterocycles. The van der Waals surface area contributed by atoms with E-state index in [9.17, 15) is 4.79 Å². The van der Waals surface area contributed by atoms with Crippen LogP contribution in [0.3, 0.4) is 0 Å². The number of rotatable bonds is 5. The number of carbonyl (C=O) groups is 1. The summed E-state index contributed by atoms with van der Waals surface area (Å²) in [5.41, 5.74) is 0. The summed E-state index contributed by atoms with van der Waals surface area (Å²) in [5, 5.41) is 2.02. The molecule has 72 valence electrons. The molecule has 1 aromatic heterocycles. The van der Waals surface area contributed by atoms with Crippen LogP contribution in [-0.2, 0) is 11.2 Å². The van der Waals surface area contributed by atoms with E-state index >= 15 is 0 Å². The van der Waals surface area contributed by atoms with Crippen LogP contribution in [0.2, 0.25) is 0 Å². The average Bonchev–Trinajstić information content (AvgIpc) is 2.57. The van der Waals surface area contributed by atoms with Crippen LogP contribution in [-0.4, -0.2) is 5.78 Å². The van der Waals surface area contributed by atoms with Gasteiger partial charge < -0.3 is 0 Å². The van der Waals surface area contributed by atoms with Crippen molar-refractivity contribution >= 4 is 17.1 Å². The molecular weight excluding hydrogens is 180 g/mol. The van der Waals surface area contributed by atoms with Crippen molar-refractivity contribution in [1.82, 2.24) is 0 Å². The van der Waals surface area contributed by atoms with Crippen molar-refractivity contribution < 1.29 is 4.79 Å². The van der Waals surface area contributed by atoms with Crippen molar-refractivity contribution in [2.24, 2.45) is 5.92 Å². The van der Waals surface area contributed by atoms with Gasteiger partial charge in [-0.15, -0.1) is 11.3 Å². The molecule has 0 fully saturated rings. The van der Waals surface area contributed by atoms with Gasteiger partial charge in [-0.25, -0.2) is 0 Å². The van der Waals surface area contributed by atoms with E-state index < -0.39 is 0 Å². The van der Waals surface area contributed by atoms with Crippen LogP contribution >= 0.6 is 11.3 Å². The first kappa shape index (κ1) is 10.5. The first-order valence-electron chi connectivity index (χ1n) is 4.79. The summed E-state index contributed by atoms with van der Waals surface area (Å²) in [5.74, 6) is 0.608. The van der Waals surface area contributed by atoms with Crippen LogP contribution in [0, 0.1) is 5.92 Å². The molecule has 1 nitrogen and oxygen atoms in total. The fourth-order valence-electron chi connectivity index (χ4n) is 1.35. The van der Waals surface area contributed by atoms with Gasteiger partial charge >= 0.3 is 0 Å². The largest absolute Gasteiger partial charge is 0.299 e. The molecule has 2 heteroatoms. The molecule has 0 N–H and O–H groups in total. The van der Waals surface area contributed by atoms with Gasteiger partial charge in [-0.05, 0) is 17.9 Å². The maximum Gasteiger partial charge on any atom is 0.140 e. The van der Waals surface area contributed by atoms with Crippen molar-refractivity contribution in [3.05, 3.63) is 22.4 Å². The molecule has 1 rings (SSSR count). The molecule has 0 saturated heterocycles. The zero-order valence-electron chi connectivity index (χ0n) is 8.25. The minimum atomic E-state index is 0.229. The van der Waals surface area contributed by atoms with E-state index in [2.05, 4.69) is 6.92 Å². The maximum absolute atomic E-state index is 11.6. The molecule has 13 heavy (non-hydrogen) atoms. The molecule has 0 aliphatic carbocycles. The predicted molar refractivity (Wildman–Crippen MR) is 57.1 cm³/mol. The Morgan fingerprint density at radius 3 is 2.92 bits per heavy atom. The van der Waals surface area contributed by atoms with E-state index in [0.29, 0.717) is 12.2 Å². The van der Waals surface area contributed by atoms with E-state index in [0.717, 1.165) is 12.8 Å². The molecule has 0 amide bonds. The summed E-state index contributed by atoms with van der Waals surface area (Å²) < 4.78 is 0. The monoisotopic (exact) mass is 196 g/mol. The van der Waals surface area contributed by atoms with Gasteiger partial charge in [0.05, 0.1) is 0 Å². The minimum Gasteiger partial charge on any atom is -0.299 e. The third-order valence-electron chi connectivity index (χ3n) is 2.20. The van der Waals surface area contributed by atoms with Crippen LogP contribution in [0.25, 0.3) is 0 Å². The topological polar surface area (TPSA) is 17.1 Å². The fourth-order valence-corrected chi connectivity index (χ4v) is 2.07. The first-order valence-corrected chi connectivity index (χ1v) is 5.67. The van der Waals surface area contributed by atoms with E-state index in [1.807, 2.05) is 24.4 Å². The van der Waals surface area contributed by atoms with Crippen LogP contribution in [0.4, 0.5) is 0 Å². The number of hydrogen-bond acceptors (Lipinski definition) is 2. The molecule has 1 atom stereocenters. The van der Waals surface area contributed by atoms with Gasteiger partial charge in [-0.1, -0.05) is 26.3 Å². The van der Waals surface area contributed by atoms with Crippen LogP contribution < -0.4 is 0 Å². The van der Waals surface area contributed by atoms with Gasteiger partial charge in [0.15, 0.2) is 0 Å². The summed E-state index contributed by atoms with van der Waals surface area (Å²) in [6.45, 7) is 4.15. The highest BCUT2D eigenvalue weighted by atomic mass is 32.1. The summed E-state index contributed by atoms with van der Waals surface area (Å²) in [6.07, 6.45) is 2.74. The van der Waals surface area contributed by atoms with Gasteiger partial charge in [0.2, 0.25) is 0 Å². The molecule has 1 unspecified atom stereocenters. The predicted octanol–water partition coefficient (Wildman–Crippen LogP) is 3.30. The van der Waals surface area contributed by atoms with Crippen molar-refractivity contribution in [2.75, 3.05) is 0 Å². The van der Waals surface area contributed by atoms with E-state index in [4.69, 9.17) is 0 Å². The summed E-state index contributed by atoms with van der Waals surface area (Å²) >= 11 is 1.67. The fraction of sp³-hybridized carbons (Fsp3) is 0.545. The SMILES string of the molecule is CCCC(C)C(=O)Cc1cccs1. The van der Waals surface area contributed by atoms with E-state index in [1.165, 1.54) is 4.88 Å². The Bertz CT molecular complexity index is 251. The van der Waals surface area contributed by atoms with Crippen molar-refractivity contribution in [2.45, 2.75) is 33.1 Å². The first-order chi connectivity index (χ1) is 6.24. The number of thiophene rings is 1. The van der Waals surface area contributed by atoms with Gasteiger partial charge in [-0.3, -0.25) is 4.79 Å². The van der Waals surface area contributed by atoms with Crippen LogP contribution in [0.15, 0.2) is 17.5 Å². The van der Waals surface area contributed by atoms with E-state index in [1.54, 1.807) is 11.3 Å². The number of carbonyl (C=O) groups excluding carboxylic acids is 1. The second-order valence-electron chi connectivity index (χ2n) is 3.41. The second kappa shape index (κ2) is 5.18. The highest BCUT2D eigenvalue weighted by Gasteiger charge is 2.12. The Morgan fingerprint density at radius 1 is 1.62 bits per heavy atom. The van der Waals surface area contributed by atoms with E-state index in [-0.39, 0.29) is 5.92 Å². The lowest BCUT2D eigenvalue weighted by Crippen LogP contribution is -2.12. The lowest BCUT2D eigenvalue weighted by atomic mass is 9.98. The molecule has 1 heterocycles. The third kappa shape index (κ3) is 3.31. The van der Waals surface area contributed by atoms with Crippen LogP contribution in [0.1, 0.15) is 31.6 Å². The molecule has 0 aromatic carbocycles. The normalized spacial score (nSPS) is 12.8. The summed E-state index contributed by atoms with van der Waals surface area (Å²) in [4.78, 5) is 12.8. The summed E-state index contributed by atoms with van der Waals surface area (Å²) in [6, 6.07) is 4.03. The van der Waals surface area contributed by atoms with Crippen molar-refractivity contribution in [3.63, 3.8) is 0 Å². The Hall–Kier alpha value is -0.630. The van der Waals surface area contributed by atoms with Gasteiger partial charge in [0, 0.05) is 17.2 Å². The number of ketones is 1.